The molecule has 0 radical (unpaired) electrons. The zero-order valence-electron chi connectivity index (χ0n) is 18.2. The summed E-state index contributed by atoms with van der Waals surface area (Å²) < 4.78 is 17.1. The van der Waals surface area contributed by atoms with Crippen molar-refractivity contribution in [3.63, 3.8) is 0 Å². The Kier molecular flexibility index (Phi) is 5.71. The van der Waals surface area contributed by atoms with E-state index < -0.39 is 11.2 Å². The summed E-state index contributed by atoms with van der Waals surface area (Å²) in [5.74, 6) is 1.75. The first-order valence-electron chi connectivity index (χ1n) is 10.4. The zero-order valence-corrected chi connectivity index (χ0v) is 19.7. The average molecular weight is 500 g/mol. The van der Waals surface area contributed by atoms with Crippen LogP contribution in [-0.2, 0) is 0 Å². The smallest absolute Gasteiger partial charge is 0.269 e. The lowest BCUT2D eigenvalue weighted by Crippen LogP contribution is -2.33. The van der Waals surface area contributed by atoms with Crippen LogP contribution in [0, 0.1) is 10.1 Å². The summed E-state index contributed by atoms with van der Waals surface area (Å²) in [6, 6.07) is 15.1. The molecule has 0 amide bonds. The maximum atomic E-state index is 11.1. The van der Waals surface area contributed by atoms with E-state index in [1.165, 1.54) is 12.1 Å². The molecular weight excluding hydrogens is 481 g/mol. The Morgan fingerprint density at radius 3 is 2.47 bits per heavy atom. The van der Waals surface area contributed by atoms with Crippen molar-refractivity contribution in [3.8, 4) is 17.2 Å². The van der Waals surface area contributed by atoms with E-state index in [-0.39, 0.29) is 11.7 Å². The molecule has 0 bridgehead atoms. The van der Waals surface area contributed by atoms with Gasteiger partial charge >= 0.3 is 0 Å². The van der Waals surface area contributed by atoms with Gasteiger partial charge in [0, 0.05) is 40.3 Å². The van der Waals surface area contributed by atoms with Crippen molar-refractivity contribution in [3.05, 3.63) is 91.4 Å². The lowest BCUT2D eigenvalue weighted by Gasteiger charge is -2.38. The van der Waals surface area contributed by atoms with Gasteiger partial charge in [0.15, 0.2) is 11.5 Å². The molecule has 0 aromatic heterocycles. The van der Waals surface area contributed by atoms with Crippen LogP contribution in [-0.4, -0.2) is 29.9 Å². The van der Waals surface area contributed by atoms with E-state index in [1.54, 1.807) is 32.4 Å². The van der Waals surface area contributed by atoms with Crippen molar-refractivity contribution in [2.75, 3.05) is 14.2 Å². The van der Waals surface area contributed by atoms with Crippen molar-refractivity contribution in [2.45, 2.75) is 18.7 Å². The number of fused-ring (bicyclic) bond motifs is 3. The molecule has 0 aliphatic carbocycles. The van der Waals surface area contributed by atoms with Gasteiger partial charge in [0.25, 0.3) is 5.69 Å². The van der Waals surface area contributed by atoms with Crippen molar-refractivity contribution in [1.82, 2.24) is 5.01 Å². The summed E-state index contributed by atoms with van der Waals surface area (Å²) in [4.78, 5) is 10.7. The van der Waals surface area contributed by atoms with E-state index >= 15 is 0 Å². The topological polar surface area (TPSA) is 86.4 Å². The van der Waals surface area contributed by atoms with Gasteiger partial charge in [0.05, 0.1) is 35.9 Å². The number of hydrogen-bond donors (Lipinski definition) is 0. The second-order valence-corrected chi connectivity index (χ2v) is 8.68. The number of nitro groups is 1. The van der Waals surface area contributed by atoms with E-state index in [1.807, 2.05) is 29.3 Å². The van der Waals surface area contributed by atoms with Crippen LogP contribution in [0.2, 0.25) is 10.0 Å². The molecule has 2 aliphatic heterocycles. The fraction of sp³-hybridized carbons (Fsp3) is 0.208. The van der Waals surface area contributed by atoms with Crippen LogP contribution < -0.4 is 14.2 Å². The molecule has 0 unspecified atom stereocenters. The maximum Gasteiger partial charge on any atom is 0.269 e. The van der Waals surface area contributed by atoms with Gasteiger partial charge in [0.2, 0.25) is 6.23 Å². The zero-order chi connectivity index (χ0) is 24.0. The molecule has 2 atom stereocenters. The van der Waals surface area contributed by atoms with Gasteiger partial charge in [-0.3, -0.25) is 10.1 Å². The highest BCUT2D eigenvalue weighted by Crippen LogP contribution is 2.51. The Hall–Kier alpha value is -3.49. The third-order valence-corrected chi connectivity index (χ3v) is 6.41. The van der Waals surface area contributed by atoms with Gasteiger partial charge in [-0.05, 0) is 42.5 Å². The van der Waals surface area contributed by atoms with Gasteiger partial charge < -0.3 is 14.2 Å². The van der Waals surface area contributed by atoms with Gasteiger partial charge in [-0.15, -0.1) is 0 Å². The highest BCUT2D eigenvalue weighted by Gasteiger charge is 2.42. The average Bonchev–Trinajstić information content (AvgIpc) is 3.29. The molecule has 3 aromatic carbocycles. The van der Waals surface area contributed by atoms with Crippen molar-refractivity contribution >= 4 is 34.6 Å². The van der Waals surface area contributed by atoms with Gasteiger partial charge in [0.1, 0.15) is 5.75 Å². The number of nitro benzene ring substituents is 1. The first-order valence-corrected chi connectivity index (χ1v) is 11.1. The van der Waals surface area contributed by atoms with Gasteiger partial charge in [-0.2, -0.15) is 5.10 Å². The summed E-state index contributed by atoms with van der Waals surface area (Å²) in [5.41, 5.74) is 3.24. The molecule has 5 rings (SSSR count). The Balaban J connectivity index is 1.59. The lowest BCUT2D eigenvalue weighted by atomic mass is 9.95. The van der Waals surface area contributed by atoms with Crippen LogP contribution in [0.4, 0.5) is 5.69 Å². The van der Waals surface area contributed by atoms with Crippen molar-refractivity contribution in [2.24, 2.45) is 5.10 Å². The van der Waals surface area contributed by atoms with Crippen LogP contribution in [0.5, 0.6) is 17.2 Å². The SMILES string of the molecule is COc1ccc(C2=NN3[C@H](C2)c2cc(Cl)cc(Cl)c2O[C@@H]3c2ccc([N+](=O)[O-])cc2)cc1OC. The molecular formula is C24H19Cl2N3O5. The van der Waals surface area contributed by atoms with Gasteiger partial charge in [-0.25, -0.2) is 5.01 Å². The Bertz CT molecular complexity index is 1310. The second kappa shape index (κ2) is 8.70. The number of hydrazone groups is 1. The Labute approximate surface area is 205 Å². The Morgan fingerprint density at radius 1 is 1.06 bits per heavy atom. The quantitative estimate of drug-likeness (QED) is 0.308. The molecule has 2 heterocycles. The minimum Gasteiger partial charge on any atom is -0.493 e. The largest absolute Gasteiger partial charge is 0.493 e. The molecule has 0 saturated heterocycles. The van der Waals surface area contributed by atoms with E-state index in [0.29, 0.717) is 39.3 Å². The number of halogens is 2. The van der Waals surface area contributed by atoms with Gasteiger partial charge in [-0.1, -0.05) is 23.2 Å². The van der Waals surface area contributed by atoms with Crippen LogP contribution in [0.15, 0.2) is 59.7 Å². The van der Waals surface area contributed by atoms with E-state index in [9.17, 15) is 10.1 Å². The first-order chi connectivity index (χ1) is 16.4. The predicted molar refractivity (Wildman–Crippen MR) is 128 cm³/mol. The molecule has 8 nitrogen and oxygen atoms in total. The second-order valence-electron chi connectivity index (χ2n) is 7.84. The highest BCUT2D eigenvalue weighted by atomic mass is 35.5. The molecule has 2 aliphatic rings. The molecule has 0 spiro atoms. The fourth-order valence-corrected chi connectivity index (χ4v) is 4.84. The Morgan fingerprint density at radius 2 is 1.79 bits per heavy atom. The van der Waals surface area contributed by atoms with Crippen LogP contribution in [0.1, 0.15) is 35.4 Å². The summed E-state index contributed by atoms with van der Waals surface area (Å²) >= 11 is 12.8. The van der Waals surface area contributed by atoms with Crippen LogP contribution >= 0.6 is 23.2 Å². The summed E-state index contributed by atoms with van der Waals surface area (Å²) in [5, 5.41) is 18.7. The minimum atomic E-state index is -0.630. The molecule has 34 heavy (non-hydrogen) atoms. The number of nitrogens with zero attached hydrogens (tertiary/aromatic N) is 3. The summed E-state index contributed by atoms with van der Waals surface area (Å²) in [6.07, 6.45) is -0.0546. The fourth-order valence-electron chi connectivity index (χ4n) is 4.29. The molecule has 0 saturated carbocycles. The molecule has 0 fully saturated rings. The number of methoxy groups -OCH3 is 2. The van der Waals surface area contributed by atoms with Crippen molar-refractivity contribution in [1.29, 1.82) is 0 Å². The van der Waals surface area contributed by atoms with Crippen molar-refractivity contribution < 1.29 is 19.1 Å². The molecule has 3 aromatic rings. The number of benzene rings is 3. The maximum absolute atomic E-state index is 11.1. The van der Waals surface area contributed by atoms with E-state index in [2.05, 4.69) is 0 Å². The summed E-state index contributed by atoms with van der Waals surface area (Å²) in [7, 11) is 3.17. The monoisotopic (exact) mass is 499 g/mol. The minimum absolute atomic E-state index is 0.00253. The highest BCUT2D eigenvalue weighted by molar-refractivity contribution is 6.35. The third kappa shape index (κ3) is 3.78. The number of non-ortho nitro benzene ring substituents is 1. The standard InChI is InChI=1S/C24H19Cl2N3O5/c1-32-21-8-5-14(9-22(21)33-2)19-12-20-17-10-15(25)11-18(26)23(17)34-24(28(20)27-19)13-3-6-16(7-4-13)29(30)31/h3-11,20,24H,12H2,1-2H3/t20-,24-/m1/s1. The predicted octanol–water partition coefficient (Wildman–Crippen LogP) is 6.16. The molecule has 0 N–H and O–H groups in total. The van der Waals surface area contributed by atoms with E-state index in [4.69, 9.17) is 42.5 Å². The van der Waals surface area contributed by atoms with E-state index in [0.717, 1.165) is 16.8 Å². The van der Waals surface area contributed by atoms with Crippen LogP contribution in [0.3, 0.4) is 0 Å². The van der Waals surface area contributed by atoms with Crippen LogP contribution in [0.25, 0.3) is 0 Å². The third-order valence-electron chi connectivity index (χ3n) is 5.91. The molecule has 174 valence electrons. The first kappa shape index (κ1) is 22.3. The number of hydrogen-bond acceptors (Lipinski definition) is 7. The number of rotatable bonds is 5. The summed E-state index contributed by atoms with van der Waals surface area (Å²) in [6.45, 7) is 0. The lowest BCUT2D eigenvalue weighted by molar-refractivity contribution is -0.384. The number of ether oxygens (including phenoxy) is 3. The normalized spacial score (nSPS) is 18.5. The molecule has 10 heteroatoms.